The van der Waals surface area contributed by atoms with Crippen molar-refractivity contribution in [2.45, 2.75) is 49.5 Å². The van der Waals surface area contributed by atoms with Crippen LogP contribution in [0.4, 0.5) is 4.79 Å². The molecule has 0 saturated carbocycles. The van der Waals surface area contributed by atoms with Gasteiger partial charge in [0.2, 0.25) is 15.9 Å². The summed E-state index contributed by atoms with van der Waals surface area (Å²) in [5.74, 6) is -0.784. The molecule has 2 aromatic carbocycles. The maximum absolute atomic E-state index is 14.3. The predicted octanol–water partition coefficient (Wildman–Crippen LogP) is 1.84. The lowest BCUT2D eigenvalue weighted by atomic mass is 9.97. The summed E-state index contributed by atoms with van der Waals surface area (Å²) in [4.78, 5) is 41.7. The first-order valence-electron chi connectivity index (χ1n) is 12.5. The Bertz CT molecular complexity index is 1400. The van der Waals surface area contributed by atoms with Gasteiger partial charge in [0.15, 0.2) is 6.10 Å². The molecule has 2 saturated heterocycles. The van der Waals surface area contributed by atoms with Crippen LogP contribution in [0.2, 0.25) is 5.02 Å². The van der Waals surface area contributed by atoms with Gasteiger partial charge in [0, 0.05) is 23.6 Å². The maximum atomic E-state index is 14.3. The van der Waals surface area contributed by atoms with Crippen LogP contribution in [0.5, 0.6) is 11.5 Å². The molecule has 2 N–H and O–H groups in total. The number of nitrogens with zero attached hydrogens (tertiary/aromatic N) is 3. The lowest BCUT2D eigenvalue weighted by Gasteiger charge is -2.53. The van der Waals surface area contributed by atoms with Crippen molar-refractivity contribution in [3.8, 4) is 11.5 Å². The zero-order valence-electron chi connectivity index (χ0n) is 22.4. The van der Waals surface area contributed by atoms with Crippen LogP contribution in [0.15, 0.2) is 47.4 Å². The highest BCUT2D eigenvalue weighted by Gasteiger charge is 2.55. The Morgan fingerprint density at radius 3 is 2.30 bits per heavy atom. The number of methoxy groups -OCH3 is 2. The van der Waals surface area contributed by atoms with Gasteiger partial charge in [-0.1, -0.05) is 23.7 Å². The predicted molar refractivity (Wildman–Crippen MR) is 144 cm³/mol. The van der Waals surface area contributed by atoms with Crippen LogP contribution >= 0.6 is 11.6 Å². The van der Waals surface area contributed by atoms with Gasteiger partial charge in [0.1, 0.15) is 28.6 Å². The molecule has 2 aromatic rings. The Morgan fingerprint density at radius 2 is 1.73 bits per heavy atom. The first-order chi connectivity index (χ1) is 18.9. The molecule has 0 spiro atoms. The molecule has 2 fully saturated rings. The van der Waals surface area contributed by atoms with Gasteiger partial charge in [0.05, 0.1) is 27.3 Å². The zero-order valence-corrected chi connectivity index (χ0v) is 24.0. The van der Waals surface area contributed by atoms with Gasteiger partial charge >= 0.3 is 6.09 Å². The van der Waals surface area contributed by atoms with Gasteiger partial charge in [-0.2, -0.15) is 4.31 Å². The van der Waals surface area contributed by atoms with E-state index < -0.39 is 46.9 Å². The highest BCUT2D eigenvalue weighted by Crippen LogP contribution is 2.37. The van der Waals surface area contributed by atoms with E-state index in [1.165, 1.54) is 36.2 Å². The minimum absolute atomic E-state index is 0.0435. The lowest BCUT2D eigenvalue weighted by molar-refractivity contribution is -0.174. The Hall–Kier alpha value is -3.55. The van der Waals surface area contributed by atoms with Crippen LogP contribution in [0.1, 0.15) is 19.4 Å². The fourth-order valence-corrected chi connectivity index (χ4v) is 6.89. The number of hydrogen-bond donors (Lipinski definition) is 1. The second kappa shape index (κ2) is 11.5. The van der Waals surface area contributed by atoms with E-state index >= 15 is 0 Å². The number of ether oxygens (including phenoxy) is 3. The summed E-state index contributed by atoms with van der Waals surface area (Å²) in [5, 5.41) is 0.494. The Morgan fingerprint density at radius 1 is 1.05 bits per heavy atom. The number of amides is 3. The number of piperazine rings is 1. The molecule has 3 amide bonds. The minimum Gasteiger partial charge on any atom is -0.497 e. The van der Waals surface area contributed by atoms with Crippen LogP contribution in [-0.4, -0.2) is 92.1 Å². The molecule has 2 aliphatic heterocycles. The number of hydrogen-bond acceptors (Lipinski definition) is 8. The molecule has 0 aromatic heterocycles. The normalized spacial score (nSPS) is 21.8. The Labute approximate surface area is 237 Å². The molecule has 3 unspecified atom stereocenters. The molecule has 3 atom stereocenters. The molecule has 40 heavy (non-hydrogen) atoms. The van der Waals surface area contributed by atoms with Crippen molar-refractivity contribution in [1.82, 2.24) is 14.1 Å². The number of fused-ring (bicyclic) bond motifs is 1. The summed E-state index contributed by atoms with van der Waals surface area (Å²) in [6, 6.07) is 9.66. The molecule has 216 valence electrons. The van der Waals surface area contributed by atoms with Crippen molar-refractivity contribution >= 4 is 39.5 Å². The van der Waals surface area contributed by atoms with E-state index in [9.17, 15) is 22.8 Å². The molecule has 0 bridgehead atoms. The number of nitrogens with two attached hydrogens (primary N) is 1. The third-order valence-electron chi connectivity index (χ3n) is 6.97. The van der Waals surface area contributed by atoms with Crippen molar-refractivity contribution in [2.24, 2.45) is 5.73 Å². The van der Waals surface area contributed by atoms with Crippen molar-refractivity contribution in [2.75, 3.05) is 27.3 Å². The third kappa shape index (κ3) is 5.54. The van der Waals surface area contributed by atoms with Crippen molar-refractivity contribution < 1.29 is 37.0 Å². The number of carbonyl (C=O) groups excluding carboxylic acids is 3. The van der Waals surface area contributed by atoms with E-state index in [0.29, 0.717) is 10.6 Å². The molecular weight excluding hydrogens is 564 g/mol. The fraction of sp³-hybridized carbons (Fsp3) is 0.423. The summed E-state index contributed by atoms with van der Waals surface area (Å²) in [6.45, 7) is 2.99. The highest BCUT2D eigenvalue weighted by atomic mass is 35.5. The van der Waals surface area contributed by atoms with Crippen molar-refractivity contribution in [1.29, 1.82) is 0 Å². The van der Waals surface area contributed by atoms with Gasteiger partial charge in [-0.15, -0.1) is 0 Å². The van der Waals surface area contributed by atoms with E-state index in [1.807, 2.05) is 0 Å². The number of rotatable bonds is 8. The monoisotopic (exact) mass is 594 g/mol. The van der Waals surface area contributed by atoms with E-state index in [2.05, 4.69) is 0 Å². The molecule has 12 nitrogen and oxygen atoms in total. The molecule has 0 aliphatic carbocycles. The summed E-state index contributed by atoms with van der Waals surface area (Å²) in [7, 11) is -1.70. The van der Waals surface area contributed by atoms with Gasteiger partial charge in [-0.25, -0.2) is 13.2 Å². The molecule has 4 rings (SSSR count). The SMILES string of the molecule is COc1ccc(OC)c(S(=O)(=O)N2CC(OC(N)=O)C(=O)N3C(Cc4ccc(Cl)cc4)C(=O)N(C(C)C)CC32)c1. The first-order valence-corrected chi connectivity index (χ1v) is 14.3. The average molecular weight is 595 g/mol. The highest BCUT2D eigenvalue weighted by molar-refractivity contribution is 7.89. The summed E-state index contributed by atoms with van der Waals surface area (Å²) < 4.78 is 45.2. The van der Waals surface area contributed by atoms with E-state index in [0.717, 1.165) is 4.31 Å². The van der Waals surface area contributed by atoms with Crippen LogP contribution in [0.3, 0.4) is 0 Å². The largest absolute Gasteiger partial charge is 0.497 e. The van der Waals surface area contributed by atoms with Crippen LogP contribution in [-0.2, 0) is 30.8 Å². The van der Waals surface area contributed by atoms with E-state index in [1.54, 1.807) is 44.2 Å². The third-order valence-corrected chi connectivity index (χ3v) is 9.11. The number of sulfonamides is 1. The van der Waals surface area contributed by atoms with Crippen molar-refractivity contribution in [3.05, 3.63) is 53.1 Å². The Balaban J connectivity index is 1.87. The topological polar surface area (TPSA) is 149 Å². The molecule has 2 heterocycles. The molecule has 2 aliphatic rings. The minimum atomic E-state index is -4.42. The number of primary amides is 1. The maximum Gasteiger partial charge on any atom is 0.405 e. The number of carbonyl (C=O) groups is 3. The standard InChI is InChI=1S/C26H31ClN4O8S/c1-15(2)29-14-23-30(40(35,36)22-12-18(37-3)9-10-20(22)38-4)13-21(39-26(28)34)25(33)31(23)19(24(29)32)11-16-5-7-17(27)8-6-16/h5-10,12,15,19,21,23H,11,13-14H2,1-4H3,(H2,28,34). The summed E-state index contributed by atoms with van der Waals surface area (Å²) >= 11 is 6.03. The molecule has 14 heteroatoms. The van der Waals surface area contributed by atoms with E-state index in [-0.39, 0.29) is 41.3 Å². The first kappa shape index (κ1) is 29.4. The van der Waals surface area contributed by atoms with Gasteiger partial charge in [-0.05, 0) is 43.7 Å². The van der Waals surface area contributed by atoms with Crippen LogP contribution in [0, 0.1) is 0 Å². The number of halogens is 1. The fourth-order valence-electron chi connectivity index (χ4n) is 5.02. The molecule has 0 radical (unpaired) electrons. The van der Waals surface area contributed by atoms with Gasteiger partial charge in [-0.3, -0.25) is 9.59 Å². The second-order valence-corrected chi connectivity index (χ2v) is 12.0. The summed E-state index contributed by atoms with van der Waals surface area (Å²) in [6.07, 6.45) is -3.87. The quantitative estimate of drug-likeness (QED) is 0.487. The number of benzene rings is 2. The zero-order chi connectivity index (χ0) is 29.4. The van der Waals surface area contributed by atoms with Gasteiger partial charge < -0.3 is 29.7 Å². The van der Waals surface area contributed by atoms with Crippen LogP contribution in [0.25, 0.3) is 0 Å². The van der Waals surface area contributed by atoms with Crippen LogP contribution < -0.4 is 15.2 Å². The van der Waals surface area contributed by atoms with Gasteiger partial charge in [0.25, 0.3) is 5.91 Å². The molecular formula is C26H31ClN4O8S. The summed E-state index contributed by atoms with van der Waals surface area (Å²) in [5.41, 5.74) is 5.94. The van der Waals surface area contributed by atoms with E-state index in [4.69, 9.17) is 31.5 Å². The second-order valence-electron chi connectivity index (χ2n) is 9.67. The van der Waals surface area contributed by atoms with Crippen molar-refractivity contribution in [3.63, 3.8) is 0 Å². The lowest BCUT2D eigenvalue weighted by Crippen LogP contribution is -2.75. The Kier molecular flexibility index (Phi) is 8.47. The average Bonchev–Trinajstić information content (AvgIpc) is 2.91. The smallest absolute Gasteiger partial charge is 0.405 e.